The van der Waals surface area contributed by atoms with E-state index in [1.165, 1.54) is 0 Å². The zero-order chi connectivity index (χ0) is 12.8. The number of thiazole rings is 1. The maximum absolute atomic E-state index is 12.4. The SMILES string of the molecule is CCN(CCc1nccs1)C(=O)C1CCNCC1. The van der Waals surface area contributed by atoms with Crippen LogP contribution in [0.2, 0.25) is 0 Å². The van der Waals surface area contributed by atoms with Gasteiger partial charge in [-0.2, -0.15) is 0 Å². The van der Waals surface area contributed by atoms with Gasteiger partial charge in [0.15, 0.2) is 0 Å². The van der Waals surface area contributed by atoms with Crippen LogP contribution in [0.25, 0.3) is 0 Å². The fraction of sp³-hybridized carbons (Fsp3) is 0.692. The number of nitrogens with zero attached hydrogens (tertiary/aromatic N) is 2. The molecule has 1 aromatic rings. The highest BCUT2D eigenvalue weighted by atomic mass is 32.1. The van der Waals surface area contributed by atoms with E-state index >= 15 is 0 Å². The summed E-state index contributed by atoms with van der Waals surface area (Å²) in [4.78, 5) is 18.6. The van der Waals surface area contributed by atoms with Crippen LogP contribution in [-0.2, 0) is 11.2 Å². The summed E-state index contributed by atoms with van der Waals surface area (Å²) in [5, 5.41) is 6.41. The number of amides is 1. The number of carbonyl (C=O) groups excluding carboxylic acids is 1. The molecule has 18 heavy (non-hydrogen) atoms. The maximum atomic E-state index is 12.4. The van der Waals surface area contributed by atoms with Gasteiger partial charge in [0.2, 0.25) is 5.91 Å². The molecule has 2 rings (SSSR count). The van der Waals surface area contributed by atoms with Crippen molar-refractivity contribution >= 4 is 17.2 Å². The van der Waals surface area contributed by atoms with Crippen molar-refractivity contribution in [1.29, 1.82) is 0 Å². The lowest BCUT2D eigenvalue weighted by Gasteiger charge is -2.28. The summed E-state index contributed by atoms with van der Waals surface area (Å²) in [5.74, 6) is 0.554. The van der Waals surface area contributed by atoms with Crippen molar-refractivity contribution in [2.45, 2.75) is 26.2 Å². The van der Waals surface area contributed by atoms with Crippen LogP contribution in [0.4, 0.5) is 0 Å². The molecular formula is C13H21N3OS. The molecule has 1 aliphatic heterocycles. The summed E-state index contributed by atoms with van der Waals surface area (Å²) < 4.78 is 0. The van der Waals surface area contributed by atoms with Crippen LogP contribution in [0.5, 0.6) is 0 Å². The first-order valence-corrected chi connectivity index (χ1v) is 7.57. The number of hydrogen-bond donors (Lipinski definition) is 1. The van der Waals surface area contributed by atoms with Gasteiger partial charge in [0, 0.05) is 37.0 Å². The molecule has 2 heterocycles. The normalized spacial score (nSPS) is 16.7. The average Bonchev–Trinajstić information content (AvgIpc) is 2.93. The Morgan fingerprint density at radius 3 is 2.94 bits per heavy atom. The first-order chi connectivity index (χ1) is 8.81. The van der Waals surface area contributed by atoms with E-state index in [1.54, 1.807) is 11.3 Å². The minimum atomic E-state index is 0.225. The Morgan fingerprint density at radius 1 is 1.56 bits per heavy atom. The van der Waals surface area contributed by atoms with Crippen LogP contribution < -0.4 is 5.32 Å². The molecule has 1 N–H and O–H groups in total. The number of hydrogen-bond acceptors (Lipinski definition) is 4. The standard InChI is InChI=1S/C13H21N3OS/c1-2-16(9-5-12-15-8-10-18-12)13(17)11-3-6-14-7-4-11/h8,10-11,14H,2-7,9H2,1H3. The van der Waals surface area contributed by atoms with Crippen molar-refractivity contribution in [3.63, 3.8) is 0 Å². The van der Waals surface area contributed by atoms with Gasteiger partial charge in [-0.05, 0) is 32.9 Å². The molecule has 1 amide bonds. The van der Waals surface area contributed by atoms with Crippen molar-refractivity contribution in [3.8, 4) is 0 Å². The topological polar surface area (TPSA) is 45.2 Å². The quantitative estimate of drug-likeness (QED) is 0.880. The molecular weight excluding hydrogens is 246 g/mol. The second-order valence-electron chi connectivity index (χ2n) is 4.62. The Bertz CT molecular complexity index is 360. The molecule has 0 unspecified atom stereocenters. The largest absolute Gasteiger partial charge is 0.342 e. The molecule has 5 heteroatoms. The number of nitrogens with one attached hydrogen (secondary N) is 1. The van der Waals surface area contributed by atoms with Crippen LogP contribution >= 0.6 is 11.3 Å². The van der Waals surface area contributed by atoms with Gasteiger partial charge in [0.25, 0.3) is 0 Å². The van der Waals surface area contributed by atoms with Crippen molar-refractivity contribution in [3.05, 3.63) is 16.6 Å². The Morgan fingerprint density at radius 2 is 2.33 bits per heavy atom. The lowest BCUT2D eigenvalue weighted by atomic mass is 9.96. The summed E-state index contributed by atoms with van der Waals surface area (Å²) >= 11 is 1.66. The van der Waals surface area contributed by atoms with Gasteiger partial charge in [-0.3, -0.25) is 4.79 Å². The third kappa shape index (κ3) is 3.53. The van der Waals surface area contributed by atoms with Gasteiger partial charge in [0.05, 0.1) is 5.01 Å². The van der Waals surface area contributed by atoms with Gasteiger partial charge < -0.3 is 10.2 Å². The third-order valence-corrected chi connectivity index (χ3v) is 4.30. The lowest BCUT2D eigenvalue weighted by Crippen LogP contribution is -2.41. The monoisotopic (exact) mass is 267 g/mol. The second-order valence-corrected chi connectivity index (χ2v) is 5.60. The molecule has 0 atom stereocenters. The van der Waals surface area contributed by atoms with Crippen LogP contribution in [0.3, 0.4) is 0 Å². The van der Waals surface area contributed by atoms with Gasteiger partial charge in [0.1, 0.15) is 0 Å². The predicted molar refractivity (Wildman–Crippen MR) is 73.7 cm³/mol. The van der Waals surface area contributed by atoms with Gasteiger partial charge >= 0.3 is 0 Å². The second kappa shape index (κ2) is 6.85. The van der Waals surface area contributed by atoms with E-state index in [0.717, 1.165) is 50.4 Å². The van der Waals surface area contributed by atoms with Crippen LogP contribution in [0.15, 0.2) is 11.6 Å². The Kier molecular flexibility index (Phi) is 5.13. The van der Waals surface area contributed by atoms with E-state index in [0.29, 0.717) is 5.91 Å². The molecule has 0 aromatic carbocycles. The highest BCUT2D eigenvalue weighted by Crippen LogP contribution is 2.16. The van der Waals surface area contributed by atoms with Gasteiger partial charge in [-0.1, -0.05) is 0 Å². The molecule has 0 bridgehead atoms. The van der Waals surface area contributed by atoms with E-state index in [4.69, 9.17) is 0 Å². The van der Waals surface area contributed by atoms with E-state index in [2.05, 4.69) is 17.2 Å². The fourth-order valence-corrected chi connectivity index (χ4v) is 2.97. The Labute approximate surface area is 112 Å². The predicted octanol–water partition coefficient (Wildman–Crippen LogP) is 1.53. The number of piperidine rings is 1. The molecule has 1 aromatic heterocycles. The van der Waals surface area contributed by atoms with Gasteiger partial charge in [-0.25, -0.2) is 4.98 Å². The highest BCUT2D eigenvalue weighted by Gasteiger charge is 2.24. The summed E-state index contributed by atoms with van der Waals surface area (Å²) in [6, 6.07) is 0. The number of rotatable bonds is 5. The van der Waals surface area contributed by atoms with Crippen molar-refractivity contribution in [2.75, 3.05) is 26.2 Å². The molecule has 1 aliphatic rings. The van der Waals surface area contributed by atoms with Gasteiger partial charge in [-0.15, -0.1) is 11.3 Å². The Balaban J connectivity index is 1.85. The number of carbonyl (C=O) groups is 1. The summed E-state index contributed by atoms with van der Waals surface area (Å²) in [7, 11) is 0. The first-order valence-electron chi connectivity index (χ1n) is 6.69. The lowest BCUT2D eigenvalue weighted by molar-refractivity contribution is -0.136. The molecule has 0 saturated carbocycles. The minimum Gasteiger partial charge on any atom is -0.342 e. The van der Waals surface area contributed by atoms with E-state index in [9.17, 15) is 4.79 Å². The van der Waals surface area contributed by atoms with E-state index in [-0.39, 0.29) is 5.92 Å². The molecule has 100 valence electrons. The average molecular weight is 267 g/mol. The summed E-state index contributed by atoms with van der Waals surface area (Å²) in [5.41, 5.74) is 0. The summed E-state index contributed by atoms with van der Waals surface area (Å²) in [6.45, 7) is 5.60. The molecule has 4 nitrogen and oxygen atoms in total. The van der Waals surface area contributed by atoms with Crippen molar-refractivity contribution in [2.24, 2.45) is 5.92 Å². The first kappa shape index (κ1) is 13.5. The fourth-order valence-electron chi connectivity index (χ4n) is 2.36. The zero-order valence-electron chi connectivity index (χ0n) is 10.9. The smallest absolute Gasteiger partial charge is 0.225 e. The van der Waals surface area contributed by atoms with Crippen LogP contribution in [0, 0.1) is 5.92 Å². The van der Waals surface area contributed by atoms with E-state index in [1.807, 2.05) is 16.5 Å². The van der Waals surface area contributed by atoms with Crippen LogP contribution in [0.1, 0.15) is 24.8 Å². The zero-order valence-corrected chi connectivity index (χ0v) is 11.7. The summed E-state index contributed by atoms with van der Waals surface area (Å²) in [6.07, 6.45) is 4.66. The van der Waals surface area contributed by atoms with Crippen molar-refractivity contribution < 1.29 is 4.79 Å². The number of likely N-dealkylation sites (N-methyl/N-ethyl adjacent to an activating group) is 1. The molecule has 1 fully saturated rings. The molecule has 0 radical (unpaired) electrons. The number of aromatic nitrogens is 1. The van der Waals surface area contributed by atoms with E-state index < -0.39 is 0 Å². The molecule has 0 spiro atoms. The maximum Gasteiger partial charge on any atom is 0.225 e. The Hall–Kier alpha value is -0.940. The third-order valence-electron chi connectivity index (χ3n) is 3.46. The molecule has 0 aliphatic carbocycles. The highest BCUT2D eigenvalue weighted by molar-refractivity contribution is 7.09. The van der Waals surface area contributed by atoms with Crippen molar-refractivity contribution in [1.82, 2.24) is 15.2 Å². The minimum absolute atomic E-state index is 0.225. The molecule has 1 saturated heterocycles. The van der Waals surface area contributed by atoms with Crippen LogP contribution in [-0.4, -0.2) is 42.0 Å².